The summed E-state index contributed by atoms with van der Waals surface area (Å²) in [5.74, 6) is 1.83. The highest BCUT2D eigenvalue weighted by molar-refractivity contribution is 5.88. The van der Waals surface area contributed by atoms with Gasteiger partial charge in [-0.1, -0.05) is 12.1 Å². The van der Waals surface area contributed by atoms with Gasteiger partial charge in [-0.05, 0) is 24.3 Å². The van der Waals surface area contributed by atoms with E-state index in [-0.39, 0.29) is 0 Å². The highest BCUT2D eigenvalue weighted by atomic mass is 16.3. The van der Waals surface area contributed by atoms with Crippen molar-refractivity contribution in [2.45, 2.75) is 6.54 Å². The zero-order valence-electron chi connectivity index (χ0n) is 10.1. The summed E-state index contributed by atoms with van der Waals surface area (Å²) in [5, 5.41) is 1.05. The summed E-state index contributed by atoms with van der Waals surface area (Å²) in [7, 11) is 2.00. The second-order valence-corrected chi connectivity index (χ2v) is 4.15. The number of hydrogen-bond donors (Lipinski definition) is 0. The molecule has 0 atom stereocenters. The standard InChI is InChI=1S/C14H13N3O/c1-17(9-11-5-4-8-18-11)14-12-6-2-3-7-13(12)15-10-16-14/h2-8,10H,9H2,1H3. The van der Waals surface area contributed by atoms with E-state index in [0.717, 1.165) is 22.5 Å². The van der Waals surface area contributed by atoms with Crippen molar-refractivity contribution in [1.29, 1.82) is 0 Å². The van der Waals surface area contributed by atoms with Gasteiger partial charge in [0.05, 0.1) is 18.3 Å². The molecule has 4 heteroatoms. The summed E-state index contributed by atoms with van der Waals surface area (Å²) >= 11 is 0. The molecular weight excluding hydrogens is 226 g/mol. The molecule has 0 aliphatic heterocycles. The maximum atomic E-state index is 5.35. The Hall–Kier alpha value is -2.36. The van der Waals surface area contributed by atoms with Crippen LogP contribution in [0.5, 0.6) is 0 Å². The molecule has 1 aromatic carbocycles. The average Bonchev–Trinajstić information content (AvgIpc) is 2.91. The van der Waals surface area contributed by atoms with Crippen molar-refractivity contribution in [2.75, 3.05) is 11.9 Å². The molecule has 18 heavy (non-hydrogen) atoms. The largest absolute Gasteiger partial charge is 0.467 e. The number of furan rings is 1. The van der Waals surface area contributed by atoms with E-state index >= 15 is 0 Å². The lowest BCUT2D eigenvalue weighted by Crippen LogP contribution is -2.17. The number of benzene rings is 1. The molecule has 0 radical (unpaired) electrons. The van der Waals surface area contributed by atoms with Crippen molar-refractivity contribution in [3.63, 3.8) is 0 Å². The van der Waals surface area contributed by atoms with E-state index in [0.29, 0.717) is 6.54 Å². The molecule has 0 bridgehead atoms. The third-order valence-electron chi connectivity index (χ3n) is 2.86. The highest BCUT2D eigenvalue weighted by Gasteiger charge is 2.09. The summed E-state index contributed by atoms with van der Waals surface area (Å²) in [5.41, 5.74) is 0.953. The first-order valence-corrected chi connectivity index (χ1v) is 5.78. The molecule has 0 saturated heterocycles. The highest BCUT2D eigenvalue weighted by Crippen LogP contribution is 2.22. The van der Waals surface area contributed by atoms with E-state index in [1.807, 2.05) is 43.4 Å². The molecule has 3 rings (SSSR count). The van der Waals surface area contributed by atoms with Gasteiger partial charge < -0.3 is 9.32 Å². The van der Waals surface area contributed by atoms with Gasteiger partial charge in [-0.2, -0.15) is 0 Å². The molecule has 0 N–H and O–H groups in total. The van der Waals surface area contributed by atoms with E-state index in [4.69, 9.17) is 4.42 Å². The lowest BCUT2D eigenvalue weighted by molar-refractivity contribution is 0.507. The van der Waals surface area contributed by atoms with Gasteiger partial charge in [0.2, 0.25) is 0 Å². The normalized spacial score (nSPS) is 10.7. The lowest BCUT2D eigenvalue weighted by atomic mass is 10.2. The summed E-state index contributed by atoms with van der Waals surface area (Å²) in [6, 6.07) is 11.8. The smallest absolute Gasteiger partial charge is 0.140 e. The van der Waals surface area contributed by atoms with Crippen LogP contribution in [0.3, 0.4) is 0 Å². The predicted molar refractivity (Wildman–Crippen MR) is 70.4 cm³/mol. The molecule has 2 heterocycles. The number of para-hydroxylation sites is 1. The van der Waals surface area contributed by atoms with E-state index in [1.165, 1.54) is 0 Å². The van der Waals surface area contributed by atoms with Crippen molar-refractivity contribution in [3.05, 3.63) is 54.7 Å². The van der Waals surface area contributed by atoms with Crippen LogP contribution in [0, 0.1) is 0 Å². The van der Waals surface area contributed by atoms with Crippen LogP contribution in [0.1, 0.15) is 5.76 Å². The van der Waals surface area contributed by atoms with Crippen LogP contribution in [-0.4, -0.2) is 17.0 Å². The van der Waals surface area contributed by atoms with Crippen LogP contribution in [0.2, 0.25) is 0 Å². The summed E-state index contributed by atoms with van der Waals surface area (Å²) in [4.78, 5) is 10.7. The Balaban J connectivity index is 1.98. The first kappa shape index (κ1) is 10.8. The fourth-order valence-corrected chi connectivity index (χ4v) is 2.01. The second-order valence-electron chi connectivity index (χ2n) is 4.15. The SMILES string of the molecule is CN(Cc1ccco1)c1ncnc2ccccc12. The number of anilines is 1. The zero-order chi connectivity index (χ0) is 12.4. The van der Waals surface area contributed by atoms with E-state index in [9.17, 15) is 0 Å². The Morgan fingerprint density at radius 1 is 1.11 bits per heavy atom. The van der Waals surface area contributed by atoms with Gasteiger partial charge in [0.25, 0.3) is 0 Å². The Labute approximate surface area is 105 Å². The van der Waals surface area contributed by atoms with E-state index in [2.05, 4.69) is 14.9 Å². The number of aromatic nitrogens is 2. The number of fused-ring (bicyclic) bond motifs is 1. The minimum Gasteiger partial charge on any atom is -0.467 e. The fraction of sp³-hybridized carbons (Fsp3) is 0.143. The molecule has 0 spiro atoms. The maximum Gasteiger partial charge on any atom is 0.140 e. The van der Waals surface area contributed by atoms with Crippen LogP contribution in [0.25, 0.3) is 10.9 Å². The quantitative estimate of drug-likeness (QED) is 0.704. The van der Waals surface area contributed by atoms with Gasteiger partial charge in [0.15, 0.2) is 0 Å². The third kappa shape index (κ3) is 1.93. The van der Waals surface area contributed by atoms with Crippen LogP contribution in [0.4, 0.5) is 5.82 Å². The Bertz CT molecular complexity index is 644. The molecule has 0 fully saturated rings. The van der Waals surface area contributed by atoms with Gasteiger partial charge in [-0.3, -0.25) is 0 Å². The van der Waals surface area contributed by atoms with E-state index < -0.39 is 0 Å². The summed E-state index contributed by atoms with van der Waals surface area (Å²) in [6.45, 7) is 0.688. The maximum absolute atomic E-state index is 5.35. The molecule has 4 nitrogen and oxygen atoms in total. The fourth-order valence-electron chi connectivity index (χ4n) is 2.01. The molecular formula is C14H13N3O. The molecule has 3 aromatic rings. The van der Waals surface area contributed by atoms with Crippen molar-refractivity contribution in [3.8, 4) is 0 Å². The molecule has 0 aliphatic rings. The first-order chi connectivity index (χ1) is 8.84. The Kier molecular flexibility index (Phi) is 2.68. The van der Waals surface area contributed by atoms with Gasteiger partial charge in [0.1, 0.15) is 17.9 Å². The second kappa shape index (κ2) is 4.49. The van der Waals surface area contributed by atoms with Gasteiger partial charge in [0, 0.05) is 12.4 Å². The van der Waals surface area contributed by atoms with Crippen LogP contribution >= 0.6 is 0 Å². The van der Waals surface area contributed by atoms with Gasteiger partial charge in [-0.15, -0.1) is 0 Å². The van der Waals surface area contributed by atoms with Crippen LogP contribution in [0.15, 0.2) is 53.4 Å². The van der Waals surface area contributed by atoms with Crippen molar-refractivity contribution < 1.29 is 4.42 Å². The monoisotopic (exact) mass is 239 g/mol. The first-order valence-electron chi connectivity index (χ1n) is 5.78. The molecule has 2 aromatic heterocycles. The topological polar surface area (TPSA) is 42.2 Å². The Morgan fingerprint density at radius 3 is 2.83 bits per heavy atom. The van der Waals surface area contributed by atoms with Gasteiger partial charge in [-0.25, -0.2) is 9.97 Å². The molecule has 0 unspecified atom stereocenters. The molecule has 0 amide bonds. The predicted octanol–water partition coefficient (Wildman–Crippen LogP) is 2.86. The Morgan fingerprint density at radius 2 is 2.00 bits per heavy atom. The lowest BCUT2D eigenvalue weighted by Gasteiger charge is -2.18. The molecule has 0 saturated carbocycles. The number of rotatable bonds is 3. The zero-order valence-corrected chi connectivity index (χ0v) is 10.1. The summed E-state index contributed by atoms with van der Waals surface area (Å²) < 4.78 is 5.35. The van der Waals surface area contributed by atoms with Gasteiger partial charge >= 0.3 is 0 Å². The minimum atomic E-state index is 0.688. The van der Waals surface area contributed by atoms with Crippen molar-refractivity contribution in [2.24, 2.45) is 0 Å². The number of nitrogens with zero attached hydrogens (tertiary/aromatic N) is 3. The minimum absolute atomic E-state index is 0.688. The average molecular weight is 239 g/mol. The van der Waals surface area contributed by atoms with Crippen LogP contribution in [-0.2, 0) is 6.54 Å². The van der Waals surface area contributed by atoms with Crippen molar-refractivity contribution >= 4 is 16.7 Å². The molecule has 90 valence electrons. The van der Waals surface area contributed by atoms with E-state index in [1.54, 1.807) is 12.6 Å². The third-order valence-corrected chi connectivity index (χ3v) is 2.86. The number of hydrogen-bond acceptors (Lipinski definition) is 4. The molecule has 0 aliphatic carbocycles. The summed E-state index contributed by atoms with van der Waals surface area (Å²) in [6.07, 6.45) is 3.28. The van der Waals surface area contributed by atoms with Crippen LogP contribution < -0.4 is 4.90 Å². The van der Waals surface area contributed by atoms with Crippen molar-refractivity contribution in [1.82, 2.24) is 9.97 Å².